The van der Waals surface area contributed by atoms with Crippen LogP contribution in [0.3, 0.4) is 0 Å². The van der Waals surface area contributed by atoms with Gasteiger partial charge in [-0.1, -0.05) is 48.0 Å². The summed E-state index contributed by atoms with van der Waals surface area (Å²) in [4.78, 5) is 0. The third kappa shape index (κ3) is 6.19. The molecular formula is C14H31N. The molecule has 0 aromatic rings. The van der Waals surface area contributed by atoms with Gasteiger partial charge in [0.2, 0.25) is 0 Å². The summed E-state index contributed by atoms with van der Waals surface area (Å²) in [6.45, 7) is 16.3. The quantitative estimate of drug-likeness (QED) is 0.599. The van der Waals surface area contributed by atoms with Crippen LogP contribution in [0.4, 0.5) is 0 Å². The molecule has 1 heteroatoms. The van der Waals surface area contributed by atoms with Crippen LogP contribution in [0.5, 0.6) is 0 Å². The second-order valence-electron chi connectivity index (χ2n) is 5.92. The van der Waals surface area contributed by atoms with Crippen molar-refractivity contribution in [3.63, 3.8) is 0 Å². The Kier molecular flexibility index (Phi) is 7.25. The largest absolute Gasteiger partial charge is 0.316 e. The molecule has 0 aliphatic carbocycles. The lowest BCUT2D eigenvalue weighted by molar-refractivity contribution is 0.178. The Hall–Kier alpha value is -0.0400. The number of nitrogens with one attached hydrogen (secondary N) is 1. The maximum absolute atomic E-state index is 3.58. The number of hydrogen-bond acceptors (Lipinski definition) is 1. The fraction of sp³-hybridized carbons (Fsp3) is 1.00. The van der Waals surface area contributed by atoms with E-state index in [0.717, 1.165) is 18.4 Å². The Morgan fingerprint density at radius 1 is 1.13 bits per heavy atom. The van der Waals surface area contributed by atoms with Crippen LogP contribution in [0.25, 0.3) is 0 Å². The van der Waals surface area contributed by atoms with Gasteiger partial charge in [0.15, 0.2) is 0 Å². The summed E-state index contributed by atoms with van der Waals surface area (Å²) in [5.41, 5.74) is 0.472. The molecular weight excluding hydrogens is 182 g/mol. The van der Waals surface area contributed by atoms with Crippen molar-refractivity contribution in [2.75, 3.05) is 13.1 Å². The van der Waals surface area contributed by atoms with E-state index in [9.17, 15) is 0 Å². The van der Waals surface area contributed by atoms with Crippen LogP contribution < -0.4 is 5.32 Å². The Balaban J connectivity index is 4.07. The summed E-state index contributed by atoms with van der Waals surface area (Å²) in [5.74, 6) is 1.59. The minimum atomic E-state index is 0.472. The first-order valence-corrected chi connectivity index (χ1v) is 6.63. The molecule has 0 aliphatic rings. The molecule has 0 radical (unpaired) electrons. The van der Waals surface area contributed by atoms with Gasteiger partial charge in [0.25, 0.3) is 0 Å². The molecule has 0 aliphatic heterocycles. The lowest BCUT2D eigenvalue weighted by Gasteiger charge is -2.35. The Morgan fingerprint density at radius 3 is 2.13 bits per heavy atom. The lowest BCUT2D eigenvalue weighted by Crippen LogP contribution is -2.36. The van der Waals surface area contributed by atoms with Crippen LogP contribution in [-0.2, 0) is 0 Å². The second kappa shape index (κ2) is 7.27. The molecule has 1 unspecified atom stereocenters. The molecule has 0 aromatic carbocycles. The molecule has 0 heterocycles. The van der Waals surface area contributed by atoms with E-state index in [-0.39, 0.29) is 0 Å². The van der Waals surface area contributed by atoms with Gasteiger partial charge < -0.3 is 5.32 Å². The normalized spacial score (nSPS) is 16.0. The second-order valence-corrected chi connectivity index (χ2v) is 5.92. The van der Waals surface area contributed by atoms with Crippen LogP contribution in [-0.4, -0.2) is 13.1 Å². The van der Waals surface area contributed by atoms with E-state index in [1.165, 1.54) is 25.8 Å². The third-order valence-corrected chi connectivity index (χ3v) is 3.64. The molecule has 1 N–H and O–H groups in total. The van der Waals surface area contributed by atoms with E-state index < -0.39 is 0 Å². The zero-order valence-electron chi connectivity index (χ0n) is 11.7. The maximum atomic E-state index is 3.58. The van der Waals surface area contributed by atoms with Crippen molar-refractivity contribution in [1.82, 2.24) is 5.32 Å². The highest BCUT2D eigenvalue weighted by atomic mass is 14.9. The standard InChI is InChI=1S/C14H31N/c1-7-10-15-11-14(6,13(4)5)9-8-12(2)3/h12-13,15H,7-11H2,1-6H3. The molecule has 15 heavy (non-hydrogen) atoms. The highest BCUT2D eigenvalue weighted by Crippen LogP contribution is 2.32. The van der Waals surface area contributed by atoms with Crippen molar-refractivity contribution in [3.8, 4) is 0 Å². The van der Waals surface area contributed by atoms with Crippen molar-refractivity contribution in [2.24, 2.45) is 17.3 Å². The topological polar surface area (TPSA) is 12.0 Å². The summed E-state index contributed by atoms with van der Waals surface area (Å²) in [6, 6.07) is 0. The van der Waals surface area contributed by atoms with E-state index in [1.807, 2.05) is 0 Å². The fourth-order valence-electron chi connectivity index (χ4n) is 1.75. The van der Waals surface area contributed by atoms with E-state index >= 15 is 0 Å². The smallest absolute Gasteiger partial charge is 0.000761 e. The molecule has 0 fully saturated rings. The summed E-state index contributed by atoms with van der Waals surface area (Å²) in [5, 5.41) is 3.58. The van der Waals surface area contributed by atoms with Gasteiger partial charge in [-0.05, 0) is 36.6 Å². The van der Waals surface area contributed by atoms with Gasteiger partial charge in [0.05, 0.1) is 0 Å². The molecule has 0 saturated carbocycles. The van der Waals surface area contributed by atoms with Crippen LogP contribution in [0.15, 0.2) is 0 Å². The fourth-order valence-corrected chi connectivity index (χ4v) is 1.75. The molecule has 0 saturated heterocycles. The van der Waals surface area contributed by atoms with Crippen molar-refractivity contribution in [3.05, 3.63) is 0 Å². The SMILES string of the molecule is CCCNCC(C)(CCC(C)C)C(C)C. The first-order valence-electron chi connectivity index (χ1n) is 6.63. The highest BCUT2D eigenvalue weighted by Gasteiger charge is 2.27. The van der Waals surface area contributed by atoms with Crippen LogP contribution in [0, 0.1) is 17.3 Å². The van der Waals surface area contributed by atoms with Gasteiger partial charge in [-0.2, -0.15) is 0 Å². The van der Waals surface area contributed by atoms with Crippen molar-refractivity contribution >= 4 is 0 Å². The van der Waals surface area contributed by atoms with Crippen LogP contribution in [0.1, 0.15) is 60.8 Å². The zero-order chi connectivity index (χ0) is 11.9. The molecule has 0 amide bonds. The summed E-state index contributed by atoms with van der Waals surface area (Å²) >= 11 is 0. The predicted octanol–water partition coefficient (Wildman–Crippen LogP) is 4.08. The van der Waals surface area contributed by atoms with E-state index in [1.54, 1.807) is 0 Å². The van der Waals surface area contributed by atoms with Gasteiger partial charge in [0.1, 0.15) is 0 Å². The molecule has 0 spiro atoms. The first kappa shape index (κ1) is 15.0. The summed E-state index contributed by atoms with van der Waals surface area (Å²) in [6.07, 6.45) is 3.93. The Morgan fingerprint density at radius 2 is 1.73 bits per heavy atom. The van der Waals surface area contributed by atoms with E-state index in [0.29, 0.717) is 5.41 Å². The van der Waals surface area contributed by atoms with Crippen LogP contribution >= 0.6 is 0 Å². The molecule has 0 aromatic heterocycles. The van der Waals surface area contributed by atoms with Gasteiger partial charge in [-0.3, -0.25) is 0 Å². The lowest BCUT2D eigenvalue weighted by atomic mass is 9.74. The molecule has 1 nitrogen and oxygen atoms in total. The van der Waals surface area contributed by atoms with Crippen molar-refractivity contribution in [1.29, 1.82) is 0 Å². The van der Waals surface area contributed by atoms with Crippen LogP contribution in [0.2, 0.25) is 0 Å². The number of rotatable bonds is 8. The van der Waals surface area contributed by atoms with Gasteiger partial charge in [-0.15, -0.1) is 0 Å². The number of hydrogen-bond donors (Lipinski definition) is 1. The van der Waals surface area contributed by atoms with E-state index in [2.05, 4.69) is 46.9 Å². The summed E-state index contributed by atoms with van der Waals surface area (Å²) < 4.78 is 0. The van der Waals surface area contributed by atoms with Crippen molar-refractivity contribution in [2.45, 2.75) is 60.8 Å². The average molecular weight is 213 g/mol. The average Bonchev–Trinajstić information content (AvgIpc) is 2.15. The molecule has 92 valence electrons. The molecule has 0 rings (SSSR count). The van der Waals surface area contributed by atoms with Gasteiger partial charge in [-0.25, -0.2) is 0 Å². The predicted molar refractivity (Wildman–Crippen MR) is 70.2 cm³/mol. The first-order chi connectivity index (χ1) is 6.92. The third-order valence-electron chi connectivity index (χ3n) is 3.64. The minimum Gasteiger partial charge on any atom is -0.316 e. The Bertz CT molecular complexity index is 151. The molecule has 0 bridgehead atoms. The maximum Gasteiger partial charge on any atom is 0.000761 e. The molecule has 1 atom stereocenters. The monoisotopic (exact) mass is 213 g/mol. The van der Waals surface area contributed by atoms with Crippen molar-refractivity contribution < 1.29 is 0 Å². The van der Waals surface area contributed by atoms with E-state index in [4.69, 9.17) is 0 Å². The Labute approximate surface area is 97.0 Å². The minimum absolute atomic E-state index is 0.472. The highest BCUT2D eigenvalue weighted by molar-refractivity contribution is 4.80. The zero-order valence-corrected chi connectivity index (χ0v) is 11.7. The van der Waals surface area contributed by atoms with Gasteiger partial charge >= 0.3 is 0 Å². The van der Waals surface area contributed by atoms with Gasteiger partial charge in [0, 0.05) is 6.54 Å². The summed E-state index contributed by atoms with van der Waals surface area (Å²) in [7, 11) is 0.